The quantitative estimate of drug-likeness (QED) is 0.877. The van der Waals surface area contributed by atoms with Crippen molar-refractivity contribution in [1.82, 2.24) is 10.2 Å². The molecule has 1 aromatic heterocycles. The minimum Gasteiger partial charge on any atom is -0.375 e. The Hall–Kier alpha value is -0.430. The number of piperidine rings is 1. The van der Waals surface area contributed by atoms with Crippen LogP contribution in [0.3, 0.4) is 0 Å². The third-order valence-electron chi connectivity index (χ3n) is 3.62. The van der Waals surface area contributed by atoms with E-state index in [2.05, 4.69) is 39.6 Å². The summed E-state index contributed by atoms with van der Waals surface area (Å²) in [6, 6.07) is 3.01. The molecule has 112 valence electrons. The Kier molecular flexibility index (Phi) is 6.01. The Labute approximate surface area is 132 Å². The minimum atomic E-state index is 0.0983. The van der Waals surface area contributed by atoms with Gasteiger partial charge in [0.15, 0.2) is 0 Å². The van der Waals surface area contributed by atoms with Gasteiger partial charge in [-0.15, -0.1) is 11.3 Å². The number of carbonyl (C=O) groups excluding carboxylic acids is 1. The van der Waals surface area contributed by atoms with Gasteiger partial charge >= 0.3 is 0 Å². The van der Waals surface area contributed by atoms with Crippen molar-refractivity contribution in [2.45, 2.75) is 31.8 Å². The van der Waals surface area contributed by atoms with Crippen LogP contribution in [-0.4, -0.2) is 43.7 Å². The first kappa shape index (κ1) is 15.9. The van der Waals surface area contributed by atoms with Gasteiger partial charge < -0.3 is 15.0 Å². The van der Waals surface area contributed by atoms with Crippen molar-refractivity contribution in [3.63, 3.8) is 0 Å². The van der Waals surface area contributed by atoms with E-state index in [0.717, 1.165) is 30.4 Å². The van der Waals surface area contributed by atoms with Crippen LogP contribution in [-0.2, 0) is 9.53 Å². The molecule has 1 N–H and O–H groups in total. The molecule has 6 heteroatoms. The predicted molar refractivity (Wildman–Crippen MR) is 85.0 cm³/mol. The van der Waals surface area contributed by atoms with Crippen LogP contribution in [0, 0.1) is 0 Å². The van der Waals surface area contributed by atoms with E-state index >= 15 is 0 Å². The van der Waals surface area contributed by atoms with Crippen LogP contribution in [0.25, 0.3) is 0 Å². The molecule has 1 fully saturated rings. The Morgan fingerprint density at radius 3 is 2.85 bits per heavy atom. The van der Waals surface area contributed by atoms with Crippen molar-refractivity contribution < 1.29 is 9.53 Å². The van der Waals surface area contributed by atoms with Gasteiger partial charge in [-0.2, -0.15) is 0 Å². The fraction of sp³-hybridized carbons (Fsp3) is 0.643. The van der Waals surface area contributed by atoms with E-state index in [1.54, 1.807) is 18.4 Å². The molecule has 1 unspecified atom stereocenters. The first-order valence-electron chi connectivity index (χ1n) is 6.87. The topological polar surface area (TPSA) is 41.6 Å². The Balaban J connectivity index is 1.78. The van der Waals surface area contributed by atoms with Crippen molar-refractivity contribution in [2.75, 3.05) is 26.8 Å². The molecule has 20 heavy (non-hydrogen) atoms. The molecule has 1 aromatic rings. The molecule has 1 amide bonds. The highest BCUT2D eigenvalue weighted by atomic mass is 79.9. The Morgan fingerprint density at radius 2 is 2.30 bits per heavy atom. The largest absolute Gasteiger partial charge is 0.375 e. The summed E-state index contributed by atoms with van der Waals surface area (Å²) in [5.41, 5.74) is 0. The van der Waals surface area contributed by atoms with Crippen LogP contribution >= 0.6 is 27.3 Å². The lowest BCUT2D eigenvalue weighted by Gasteiger charge is -2.33. The van der Waals surface area contributed by atoms with E-state index in [0.29, 0.717) is 12.1 Å². The van der Waals surface area contributed by atoms with Gasteiger partial charge in [-0.05, 0) is 41.8 Å². The molecule has 0 saturated carbocycles. The SMILES string of the molecule is COCC(=O)N1CCC(NC(C)c2cc(Br)cs2)CC1. The molecule has 1 atom stereocenters. The van der Waals surface area contributed by atoms with E-state index in [4.69, 9.17) is 4.74 Å². The average molecular weight is 361 g/mol. The molecule has 0 aromatic carbocycles. The maximum Gasteiger partial charge on any atom is 0.248 e. The van der Waals surface area contributed by atoms with E-state index in [1.807, 2.05) is 4.90 Å². The van der Waals surface area contributed by atoms with Gasteiger partial charge in [0.1, 0.15) is 6.61 Å². The number of thiophene rings is 1. The number of nitrogens with one attached hydrogen (secondary N) is 1. The zero-order chi connectivity index (χ0) is 14.5. The fourth-order valence-electron chi connectivity index (χ4n) is 2.50. The average Bonchev–Trinajstić information content (AvgIpc) is 2.86. The lowest BCUT2D eigenvalue weighted by Crippen LogP contribution is -2.46. The molecular formula is C14H21BrN2O2S. The number of methoxy groups -OCH3 is 1. The van der Waals surface area contributed by atoms with Crippen LogP contribution in [0.2, 0.25) is 0 Å². The molecule has 1 saturated heterocycles. The van der Waals surface area contributed by atoms with Crippen molar-refractivity contribution in [2.24, 2.45) is 0 Å². The van der Waals surface area contributed by atoms with Crippen LogP contribution < -0.4 is 5.32 Å². The zero-order valence-corrected chi connectivity index (χ0v) is 14.3. The van der Waals surface area contributed by atoms with Gasteiger partial charge in [0.05, 0.1) is 0 Å². The number of ether oxygens (including phenoxy) is 1. The molecule has 4 nitrogen and oxygen atoms in total. The fourth-order valence-corrected chi connectivity index (χ4v) is 3.96. The number of rotatable bonds is 5. The summed E-state index contributed by atoms with van der Waals surface area (Å²) in [4.78, 5) is 15.0. The molecular weight excluding hydrogens is 340 g/mol. The van der Waals surface area contributed by atoms with E-state index in [-0.39, 0.29) is 12.5 Å². The summed E-state index contributed by atoms with van der Waals surface area (Å²) in [7, 11) is 1.56. The number of hydrogen-bond acceptors (Lipinski definition) is 4. The van der Waals surface area contributed by atoms with Gasteiger partial charge in [-0.1, -0.05) is 0 Å². The predicted octanol–water partition coefficient (Wildman–Crippen LogP) is 2.80. The van der Waals surface area contributed by atoms with Gasteiger partial charge in [-0.25, -0.2) is 0 Å². The lowest BCUT2D eigenvalue weighted by atomic mass is 10.0. The first-order chi connectivity index (χ1) is 9.60. The third kappa shape index (κ3) is 4.28. The number of halogens is 1. The van der Waals surface area contributed by atoms with Crippen molar-refractivity contribution in [1.29, 1.82) is 0 Å². The molecule has 0 bridgehead atoms. The number of amides is 1. The zero-order valence-electron chi connectivity index (χ0n) is 11.9. The van der Waals surface area contributed by atoms with E-state index < -0.39 is 0 Å². The van der Waals surface area contributed by atoms with E-state index in [9.17, 15) is 4.79 Å². The monoisotopic (exact) mass is 360 g/mol. The standard InChI is InChI=1S/C14H21BrN2O2S/c1-10(13-7-11(15)9-20-13)16-12-3-5-17(6-4-12)14(18)8-19-2/h7,9-10,12,16H,3-6,8H2,1-2H3. The maximum atomic E-state index is 11.7. The summed E-state index contributed by atoms with van der Waals surface area (Å²) < 4.78 is 6.04. The van der Waals surface area contributed by atoms with Gasteiger partial charge in [-0.3, -0.25) is 4.79 Å². The first-order valence-corrected chi connectivity index (χ1v) is 8.54. The van der Waals surface area contributed by atoms with Crippen LogP contribution in [0.15, 0.2) is 15.9 Å². The number of carbonyl (C=O) groups is 1. The second-order valence-electron chi connectivity index (χ2n) is 5.14. The molecule has 2 heterocycles. The Bertz CT molecular complexity index is 444. The summed E-state index contributed by atoms with van der Waals surface area (Å²) in [5, 5.41) is 5.77. The molecule has 1 aliphatic heterocycles. The van der Waals surface area contributed by atoms with Crippen molar-refractivity contribution in [3.8, 4) is 0 Å². The summed E-state index contributed by atoms with van der Waals surface area (Å²) in [5.74, 6) is 0.0983. The number of likely N-dealkylation sites (tertiary alicyclic amines) is 1. The Morgan fingerprint density at radius 1 is 1.60 bits per heavy atom. The van der Waals surface area contributed by atoms with Gasteiger partial charge in [0.25, 0.3) is 0 Å². The highest BCUT2D eigenvalue weighted by Gasteiger charge is 2.23. The minimum absolute atomic E-state index is 0.0983. The summed E-state index contributed by atoms with van der Waals surface area (Å²) in [6.45, 7) is 4.03. The van der Waals surface area contributed by atoms with Crippen molar-refractivity contribution in [3.05, 3.63) is 20.8 Å². The molecule has 0 aliphatic carbocycles. The van der Waals surface area contributed by atoms with Crippen LogP contribution in [0.5, 0.6) is 0 Å². The molecule has 0 radical (unpaired) electrons. The highest BCUT2D eigenvalue weighted by molar-refractivity contribution is 9.10. The van der Waals surface area contributed by atoms with Gasteiger partial charge in [0, 0.05) is 47.0 Å². The van der Waals surface area contributed by atoms with Crippen molar-refractivity contribution >= 4 is 33.2 Å². The number of hydrogen-bond donors (Lipinski definition) is 1. The normalized spacial score (nSPS) is 18.2. The summed E-state index contributed by atoms with van der Waals surface area (Å²) >= 11 is 5.26. The van der Waals surface area contributed by atoms with Gasteiger partial charge in [0.2, 0.25) is 5.91 Å². The second kappa shape index (κ2) is 7.54. The molecule has 0 spiro atoms. The lowest BCUT2D eigenvalue weighted by molar-refractivity contribution is -0.136. The smallest absolute Gasteiger partial charge is 0.248 e. The second-order valence-corrected chi connectivity index (χ2v) is 7.00. The molecule has 1 aliphatic rings. The number of nitrogens with zero attached hydrogens (tertiary/aromatic N) is 1. The van der Waals surface area contributed by atoms with E-state index in [1.165, 1.54) is 4.88 Å². The highest BCUT2D eigenvalue weighted by Crippen LogP contribution is 2.26. The van der Waals surface area contributed by atoms with Crippen LogP contribution in [0.4, 0.5) is 0 Å². The molecule has 2 rings (SSSR count). The summed E-state index contributed by atoms with van der Waals surface area (Å²) in [6.07, 6.45) is 2.01. The van der Waals surface area contributed by atoms with Crippen LogP contribution in [0.1, 0.15) is 30.7 Å². The third-order valence-corrected chi connectivity index (χ3v) is 5.49. The maximum absolute atomic E-state index is 11.7.